The SMILES string of the molecule is Cl.[N-]=[N+]=NC(N)(CCCCN)C(=O)O. The van der Waals surface area contributed by atoms with E-state index >= 15 is 0 Å². The van der Waals surface area contributed by atoms with Crippen LogP contribution in [0.3, 0.4) is 0 Å². The average molecular weight is 224 g/mol. The zero-order valence-electron chi connectivity index (χ0n) is 7.59. The molecular formula is C6H14ClN5O2. The van der Waals surface area contributed by atoms with Gasteiger partial charge in [-0.1, -0.05) is 5.11 Å². The van der Waals surface area contributed by atoms with Crippen LogP contribution in [0, 0.1) is 0 Å². The Morgan fingerprint density at radius 3 is 2.50 bits per heavy atom. The van der Waals surface area contributed by atoms with Gasteiger partial charge in [-0.2, -0.15) is 0 Å². The molecule has 14 heavy (non-hydrogen) atoms. The van der Waals surface area contributed by atoms with E-state index in [-0.39, 0.29) is 18.8 Å². The summed E-state index contributed by atoms with van der Waals surface area (Å²) in [6.07, 6.45) is 1.29. The van der Waals surface area contributed by atoms with Gasteiger partial charge in [0.25, 0.3) is 0 Å². The molecule has 0 amide bonds. The molecule has 0 aromatic heterocycles. The van der Waals surface area contributed by atoms with Crippen LogP contribution in [0.1, 0.15) is 19.3 Å². The van der Waals surface area contributed by atoms with Crippen LogP contribution >= 0.6 is 12.4 Å². The molecule has 0 radical (unpaired) electrons. The van der Waals surface area contributed by atoms with Crippen LogP contribution in [0.5, 0.6) is 0 Å². The number of rotatable bonds is 6. The van der Waals surface area contributed by atoms with Crippen LogP contribution in [-0.2, 0) is 4.79 Å². The van der Waals surface area contributed by atoms with Crippen LogP contribution in [-0.4, -0.2) is 23.3 Å². The first kappa shape index (κ1) is 15.5. The minimum atomic E-state index is -1.83. The summed E-state index contributed by atoms with van der Waals surface area (Å²) in [5.74, 6) is -1.32. The molecule has 8 heteroatoms. The molecule has 0 aliphatic rings. The first-order chi connectivity index (χ1) is 6.06. The van der Waals surface area contributed by atoms with Crippen molar-refractivity contribution in [1.29, 1.82) is 0 Å². The quantitative estimate of drug-likeness (QED) is 0.262. The fraction of sp³-hybridized carbons (Fsp3) is 0.833. The van der Waals surface area contributed by atoms with Crippen molar-refractivity contribution in [3.8, 4) is 0 Å². The number of nitrogens with two attached hydrogens (primary N) is 2. The molecule has 0 heterocycles. The smallest absolute Gasteiger partial charge is 0.329 e. The van der Waals surface area contributed by atoms with Gasteiger partial charge in [0.05, 0.1) is 0 Å². The van der Waals surface area contributed by atoms with E-state index in [1.54, 1.807) is 0 Å². The molecule has 0 saturated heterocycles. The van der Waals surface area contributed by atoms with E-state index in [0.29, 0.717) is 19.4 Å². The molecule has 1 atom stereocenters. The van der Waals surface area contributed by atoms with Crippen molar-refractivity contribution in [2.45, 2.75) is 24.9 Å². The Balaban J connectivity index is 0. The topological polar surface area (TPSA) is 138 Å². The molecule has 0 saturated carbocycles. The number of aliphatic carboxylic acids is 1. The lowest BCUT2D eigenvalue weighted by atomic mass is 10.0. The lowest BCUT2D eigenvalue weighted by molar-refractivity contribution is -0.143. The second-order valence-electron chi connectivity index (χ2n) is 2.66. The van der Waals surface area contributed by atoms with Gasteiger partial charge in [0.2, 0.25) is 0 Å². The fourth-order valence-electron chi connectivity index (χ4n) is 0.818. The van der Waals surface area contributed by atoms with E-state index in [0.717, 1.165) is 0 Å². The van der Waals surface area contributed by atoms with Gasteiger partial charge < -0.3 is 16.6 Å². The van der Waals surface area contributed by atoms with Crippen molar-refractivity contribution in [3.63, 3.8) is 0 Å². The number of carbonyl (C=O) groups is 1. The van der Waals surface area contributed by atoms with Gasteiger partial charge in [-0.3, -0.25) is 4.79 Å². The van der Waals surface area contributed by atoms with Gasteiger partial charge in [-0.05, 0) is 31.3 Å². The number of nitrogens with zero attached hydrogens (tertiary/aromatic N) is 3. The Labute approximate surface area is 87.5 Å². The lowest BCUT2D eigenvalue weighted by Gasteiger charge is -2.17. The summed E-state index contributed by atoms with van der Waals surface area (Å²) in [6, 6.07) is 0. The highest BCUT2D eigenvalue weighted by Gasteiger charge is 2.31. The summed E-state index contributed by atoms with van der Waals surface area (Å²) >= 11 is 0. The van der Waals surface area contributed by atoms with Crippen LogP contribution in [0.2, 0.25) is 0 Å². The number of unbranched alkanes of at least 4 members (excludes halogenated alkanes) is 1. The second-order valence-corrected chi connectivity index (χ2v) is 2.66. The van der Waals surface area contributed by atoms with Gasteiger partial charge in [0.15, 0.2) is 5.66 Å². The van der Waals surface area contributed by atoms with Gasteiger partial charge in [0.1, 0.15) is 0 Å². The van der Waals surface area contributed by atoms with Crippen molar-refractivity contribution < 1.29 is 9.90 Å². The summed E-state index contributed by atoms with van der Waals surface area (Å²) in [5, 5.41) is 11.7. The third kappa shape index (κ3) is 4.88. The molecule has 0 spiro atoms. The highest BCUT2D eigenvalue weighted by molar-refractivity contribution is 5.85. The minimum absolute atomic E-state index is 0. The molecule has 7 nitrogen and oxygen atoms in total. The standard InChI is InChI=1S/C6H13N5O2.ClH/c7-4-2-1-3-6(8,5(12)13)10-11-9;/h1-4,7-8H2,(H,12,13);1H. The Kier molecular flexibility index (Phi) is 8.17. The minimum Gasteiger partial charge on any atom is -0.480 e. The molecule has 0 rings (SSSR count). The molecule has 1 unspecified atom stereocenters. The van der Waals surface area contributed by atoms with Crippen LogP contribution < -0.4 is 11.5 Å². The van der Waals surface area contributed by atoms with Crippen molar-refractivity contribution in [2.75, 3.05) is 6.54 Å². The van der Waals surface area contributed by atoms with Gasteiger partial charge in [-0.25, -0.2) is 0 Å². The molecule has 0 aromatic rings. The van der Waals surface area contributed by atoms with Crippen molar-refractivity contribution in [1.82, 2.24) is 0 Å². The monoisotopic (exact) mass is 223 g/mol. The third-order valence-corrected chi connectivity index (χ3v) is 1.61. The van der Waals surface area contributed by atoms with Gasteiger partial charge in [-0.15, -0.1) is 12.4 Å². The molecule has 0 aliphatic heterocycles. The number of hydrogen-bond acceptors (Lipinski definition) is 4. The molecule has 0 aromatic carbocycles. The van der Waals surface area contributed by atoms with E-state index in [1.165, 1.54) is 0 Å². The summed E-state index contributed by atoms with van der Waals surface area (Å²) in [7, 11) is 0. The summed E-state index contributed by atoms with van der Waals surface area (Å²) in [4.78, 5) is 13.0. The van der Waals surface area contributed by atoms with E-state index in [4.69, 9.17) is 22.1 Å². The summed E-state index contributed by atoms with van der Waals surface area (Å²) < 4.78 is 0. The maximum atomic E-state index is 10.6. The van der Waals surface area contributed by atoms with E-state index in [9.17, 15) is 4.79 Å². The van der Waals surface area contributed by atoms with E-state index in [2.05, 4.69) is 10.0 Å². The molecule has 5 N–H and O–H groups in total. The second kappa shape index (κ2) is 7.40. The largest absolute Gasteiger partial charge is 0.480 e. The number of carboxylic acid groups (broad SMARTS) is 1. The average Bonchev–Trinajstić information content (AvgIpc) is 2.05. The highest BCUT2D eigenvalue weighted by Crippen LogP contribution is 2.13. The Morgan fingerprint density at radius 1 is 1.57 bits per heavy atom. The number of carboxylic acids is 1. The number of hydrogen-bond donors (Lipinski definition) is 3. The lowest BCUT2D eigenvalue weighted by Crippen LogP contribution is -2.45. The van der Waals surface area contributed by atoms with Crippen molar-refractivity contribution in [2.24, 2.45) is 16.6 Å². The van der Waals surface area contributed by atoms with E-state index < -0.39 is 11.6 Å². The molecule has 0 fully saturated rings. The number of halogens is 1. The van der Waals surface area contributed by atoms with Crippen molar-refractivity contribution >= 4 is 18.4 Å². The maximum absolute atomic E-state index is 10.6. The Hall–Kier alpha value is -1.01. The van der Waals surface area contributed by atoms with Gasteiger partial charge in [0, 0.05) is 4.91 Å². The number of azide groups is 1. The molecule has 82 valence electrons. The Morgan fingerprint density at radius 2 is 2.14 bits per heavy atom. The Bertz CT molecular complexity index is 226. The van der Waals surface area contributed by atoms with Crippen molar-refractivity contribution in [3.05, 3.63) is 10.4 Å². The molecule has 0 aliphatic carbocycles. The fourth-order valence-corrected chi connectivity index (χ4v) is 0.818. The predicted octanol–water partition coefficient (Wildman–Crippen LogP) is 0.587. The zero-order valence-corrected chi connectivity index (χ0v) is 8.40. The van der Waals surface area contributed by atoms with Crippen LogP contribution in [0.15, 0.2) is 5.11 Å². The van der Waals surface area contributed by atoms with Gasteiger partial charge >= 0.3 is 5.97 Å². The van der Waals surface area contributed by atoms with Crippen LogP contribution in [0.4, 0.5) is 0 Å². The maximum Gasteiger partial charge on any atom is 0.329 e. The first-order valence-corrected chi connectivity index (χ1v) is 3.85. The summed E-state index contributed by atoms with van der Waals surface area (Å²) in [5.41, 5.74) is 16.8. The summed E-state index contributed by atoms with van der Waals surface area (Å²) in [6.45, 7) is 0.464. The highest BCUT2D eigenvalue weighted by atomic mass is 35.5. The van der Waals surface area contributed by atoms with E-state index in [1.807, 2.05) is 0 Å². The third-order valence-electron chi connectivity index (χ3n) is 1.61. The molecular weight excluding hydrogens is 210 g/mol. The predicted molar refractivity (Wildman–Crippen MR) is 53.9 cm³/mol. The molecule has 0 bridgehead atoms. The zero-order chi connectivity index (χ0) is 10.3. The van der Waals surface area contributed by atoms with Crippen LogP contribution in [0.25, 0.3) is 10.4 Å². The first-order valence-electron chi connectivity index (χ1n) is 3.85. The normalized spacial score (nSPS) is 13.3.